The van der Waals surface area contributed by atoms with Crippen LogP contribution in [0.25, 0.3) is 0 Å². The Balaban J connectivity index is 2.60. The highest BCUT2D eigenvalue weighted by Gasteiger charge is 2.47. The zero-order valence-electron chi connectivity index (χ0n) is 50.0. The van der Waals surface area contributed by atoms with Crippen LogP contribution in [0.4, 0.5) is 0 Å². The first-order chi connectivity index (χ1) is 38.7. The average Bonchev–Trinajstić information content (AvgIpc) is 3.47. The summed E-state index contributed by atoms with van der Waals surface area (Å²) in [6.45, 7) is 5.60. The quantitative estimate of drug-likeness (QED) is 0.0195. The van der Waals surface area contributed by atoms with Gasteiger partial charge in [-0.1, -0.05) is 252 Å². The number of hydrogen-bond donors (Lipinski definition) is 6. The van der Waals surface area contributed by atoms with Crippen LogP contribution in [0.2, 0.25) is 0 Å². The fraction of sp³-hybridized carbons (Fsp3) is 0.706. The van der Waals surface area contributed by atoms with E-state index in [9.17, 15) is 35.1 Å². The number of aliphatic hydroxyl groups is 5. The zero-order valence-corrected chi connectivity index (χ0v) is 50.0. The highest BCUT2D eigenvalue weighted by molar-refractivity contribution is 5.81. The summed E-state index contributed by atoms with van der Waals surface area (Å²) in [4.78, 5) is 26.5. The van der Waals surface area contributed by atoms with E-state index in [0.717, 1.165) is 103 Å². The van der Waals surface area contributed by atoms with E-state index in [1.807, 2.05) is 12.2 Å². The number of esters is 1. The summed E-state index contributed by atoms with van der Waals surface area (Å²) < 4.78 is 17.6. The lowest BCUT2D eigenvalue weighted by Gasteiger charge is -2.41. The van der Waals surface area contributed by atoms with E-state index in [2.05, 4.69) is 111 Å². The Morgan fingerprint density at radius 2 is 0.911 bits per heavy atom. The van der Waals surface area contributed by atoms with Gasteiger partial charge in [0.15, 0.2) is 12.4 Å². The zero-order chi connectivity index (χ0) is 57.5. The van der Waals surface area contributed by atoms with Crippen LogP contribution in [0.3, 0.4) is 0 Å². The van der Waals surface area contributed by atoms with Crippen molar-refractivity contribution in [3.8, 4) is 0 Å². The second-order valence-electron chi connectivity index (χ2n) is 21.4. The Morgan fingerprint density at radius 3 is 1.37 bits per heavy atom. The molecule has 0 bridgehead atoms. The number of unbranched alkanes of at least 4 members (excludes halogenated alkanes) is 23. The van der Waals surface area contributed by atoms with Gasteiger partial charge in [0.25, 0.3) is 0 Å². The van der Waals surface area contributed by atoms with Gasteiger partial charge in [-0.3, -0.25) is 9.59 Å². The van der Waals surface area contributed by atoms with Gasteiger partial charge in [-0.25, -0.2) is 0 Å². The van der Waals surface area contributed by atoms with Crippen molar-refractivity contribution >= 4 is 11.9 Å². The maximum absolute atomic E-state index is 13.3. The summed E-state index contributed by atoms with van der Waals surface area (Å²) in [5.41, 5.74) is 0. The van der Waals surface area contributed by atoms with Gasteiger partial charge in [0, 0.05) is 12.8 Å². The van der Waals surface area contributed by atoms with Crippen molar-refractivity contribution < 1.29 is 49.3 Å². The predicted octanol–water partition coefficient (Wildman–Crippen LogP) is 15.3. The molecule has 1 amide bonds. The smallest absolute Gasteiger partial charge is 0.306 e. The van der Waals surface area contributed by atoms with Gasteiger partial charge in [-0.05, 0) is 89.9 Å². The molecule has 6 N–H and O–H groups in total. The first-order valence-electron chi connectivity index (χ1n) is 31.7. The molecule has 1 aliphatic rings. The summed E-state index contributed by atoms with van der Waals surface area (Å²) in [7, 11) is 0. The molecule has 1 aliphatic heterocycles. The monoisotopic (exact) mass is 1110 g/mol. The summed E-state index contributed by atoms with van der Waals surface area (Å²) in [5.74, 6) is -1.28. The highest BCUT2D eigenvalue weighted by Crippen LogP contribution is 2.26. The molecule has 79 heavy (non-hydrogen) atoms. The lowest BCUT2D eigenvalue weighted by Crippen LogP contribution is -2.61. The van der Waals surface area contributed by atoms with Gasteiger partial charge in [0.05, 0.1) is 25.4 Å². The number of allylic oxidation sites excluding steroid dienone is 16. The van der Waals surface area contributed by atoms with Gasteiger partial charge in [0.1, 0.15) is 24.4 Å². The van der Waals surface area contributed by atoms with Gasteiger partial charge in [-0.15, -0.1) is 0 Å². The van der Waals surface area contributed by atoms with Gasteiger partial charge < -0.3 is 45.1 Å². The predicted molar refractivity (Wildman–Crippen MR) is 328 cm³/mol. The number of rotatable bonds is 52. The standard InChI is InChI=1S/C68H115NO10/c1-4-7-10-13-16-19-22-24-25-26-27-28-29-30-31-32-33-34-35-36-37-38-41-44-47-50-53-56-63(73)79-66-65(75)64(74)62(57-70)78-68(66)77-58-59(60(71)54-51-48-45-42-39-21-18-15-12-9-6-3)69-67(76)61(72)55-52-49-46-43-40-23-20-17-14-11-8-5-2/h7,10,16,19,24-25,27-28,30-31,33-34,40,43,49,51-52,54,59-62,64-66,68,70-72,74-75H,4-6,8-9,11-15,17-18,20-23,26,29,32,35-39,41-42,44-48,50,53,55-58H2,1-3H3,(H,69,76)/b10-7-,19-16-,25-24-,28-27-,31-30-,34-33-,43-40-,52-49+,54-51+. The largest absolute Gasteiger partial charge is 0.454 e. The van der Waals surface area contributed by atoms with Crippen LogP contribution >= 0.6 is 0 Å². The van der Waals surface area contributed by atoms with Crippen LogP contribution in [0.1, 0.15) is 245 Å². The van der Waals surface area contributed by atoms with Crippen LogP contribution < -0.4 is 5.32 Å². The van der Waals surface area contributed by atoms with E-state index in [0.29, 0.717) is 12.8 Å². The number of hydrogen-bond acceptors (Lipinski definition) is 10. The van der Waals surface area contributed by atoms with Crippen LogP contribution in [0.5, 0.6) is 0 Å². The van der Waals surface area contributed by atoms with Crippen molar-refractivity contribution in [2.45, 2.75) is 294 Å². The van der Waals surface area contributed by atoms with E-state index in [4.69, 9.17) is 14.2 Å². The topological polar surface area (TPSA) is 175 Å². The SMILES string of the molecule is CC/C=C\C/C=C\C/C=C\C/C=C\C/C=C\C/C=C\CCCCCCCCCCC(=O)OC1C(OCC(NC(=O)C(O)C/C=C/C/C=C\CCCCCCCC)C(O)/C=C/CCCCCCCCCCC)OC(CO)C(O)C1O. The van der Waals surface area contributed by atoms with Crippen molar-refractivity contribution in [2.75, 3.05) is 13.2 Å². The van der Waals surface area contributed by atoms with Crippen molar-refractivity contribution in [2.24, 2.45) is 0 Å². The molecule has 452 valence electrons. The van der Waals surface area contributed by atoms with Crippen LogP contribution in [0, 0.1) is 0 Å². The Hall–Kier alpha value is -3.68. The first kappa shape index (κ1) is 73.3. The highest BCUT2D eigenvalue weighted by atomic mass is 16.7. The number of nitrogens with one attached hydrogen (secondary N) is 1. The minimum Gasteiger partial charge on any atom is -0.454 e. The number of amides is 1. The molecule has 0 spiro atoms. The maximum Gasteiger partial charge on any atom is 0.306 e. The molecule has 0 radical (unpaired) electrons. The average molecular weight is 1110 g/mol. The van der Waals surface area contributed by atoms with Crippen molar-refractivity contribution in [1.82, 2.24) is 5.32 Å². The molecule has 1 fully saturated rings. The molecular weight excluding hydrogens is 991 g/mol. The Bertz CT molecular complexity index is 1700. The second-order valence-corrected chi connectivity index (χ2v) is 21.4. The molecular formula is C68H115NO10. The Morgan fingerprint density at radius 1 is 0.506 bits per heavy atom. The molecule has 8 atom stereocenters. The molecule has 11 nitrogen and oxygen atoms in total. The first-order valence-corrected chi connectivity index (χ1v) is 31.7. The van der Waals surface area contributed by atoms with Gasteiger partial charge >= 0.3 is 5.97 Å². The van der Waals surface area contributed by atoms with Gasteiger partial charge in [-0.2, -0.15) is 0 Å². The molecule has 1 rings (SSSR count). The van der Waals surface area contributed by atoms with E-state index in [1.54, 1.807) is 12.2 Å². The fourth-order valence-corrected chi connectivity index (χ4v) is 9.17. The summed E-state index contributed by atoms with van der Waals surface area (Å²) >= 11 is 0. The van der Waals surface area contributed by atoms with E-state index >= 15 is 0 Å². The third-order valence-electron chi connectivity index (χ3n) is 14.2. The second kappa shape index (κ2) is 54.9. The van der Waals surface area contributed by atoms with Crippen LogP contribution in [-0.4, -0.2) is 99.6 Å². The molecule has 0 aromatic rings. The number of carbonyl (C=O) groups is 2. The molecule has 11 heteroatoms. The molecule has 1 saturated heterocycles. The van der Waals surface area contributed by atoms with Crippen molar-refractivity contribution in [3.63, 3.8) is 0 Å². The molecule has 0 aromatic heterocycles. The summed E-state index contributed by atoms with van der Waals surface area (Å²) in [6, 6.07) is -1.06. The molecule has 0 saturated carbocycles. The number of carbonyl (C=O) groups excluding carboxylic acids is 2. The minimum atomic E-state index is -1.63. The van der Waals surface area contributed by atoms with Crippen LogP contribution in [0.15, 0.2) is 109 Å². The number of ether oxygens (including phenoxy) is 3. The van der Waals surface area contributed by atoms with Crippen LogP contribution in [-0.2, 0) is 23.8 Å². The molecule has 0 aliphatic carbocycles. The lowest BCUT2D eigenvalue weighted by molar-refractivity contribution is -0.305. The third-order valence-corrected chi connectivity index (χ3v) is 14.2. The van der Waals surface area contributed by atoms with Crippen molar-refractivity contribution in [3.05, 3.63) is 109 Å². The molecule has 0 aromatic carbocycles. The van der Waals surface area contributed by atoms with E-state index in [-0.39, 0.29) is 19.4 Å². The summed E-state index contributed by atoms with van der Waals surface area (Å²) in [5, 5.41) is 56.8. The van der Waals surface area contributed by atoms with Gasteiger partial charge in [0.2, 0.25) is 5.91 Å². The maximum atomic E-state index is 13.3. The minimum absolute atomic E-state index is 0.0769. The molecule has 8 unspecified atom stereocenters. The molecule has 1 heterocycles. The normalized spacial score (nSPS) is 19.6. The lowest BCUT2D eigenvalue weighted by atomic mass is 9.99. The van der Waals surface area contributed by atoms with E-state index in [1.165, 1.54) is 96.3 Å². The third kappa shape index (κ3) is 42.8. The fourth-order valence-electron chi connectivity index (χ4n) is 9.17. The Kier molecular flexibility index (Phi) is 50.9. The summed E-state index contributed by atoms with van der Waals surface area (Å²) in [6.07, 6.45) is 64.4. The number of aliphatic hydroxyl groups excluding tert-OH is 5. The van der Waals surface area contributed by atoms with Crippen molar-refractivity contribution in [1.29, 1.82) is 0 Å². The van der Waals surface area contributed by atoms with E-state index < -0.39 is 67.4 Å². The Labute approximate surface area is 481 Å².